The molecular weight excluding hydrogens is 330 g/mol. The molecule has 6 nitrogen and oxygen atoms in total. The van der Waals surface area contributed by atoms with Gasteiger partial charge in [-0.15, -0.1) is 0 Å². The van der Waals surface area contributed by atoms with Crippen LogP contribution in [0.1, 0.15) is 34.7 Å². The molecule has 1 unspecified atom stereocenters. The number of ether oxygens (including phenoxy) is 1. The molecule has 6 heteroatoms. The lowest BCUT2D eigenvalue weighted by Crippen LogP contribution is -2.41. The average Bonchev–Trinajstić information content (AvgIpc) is 3.07. The number of hydrogen-bond acceptors (Lipinski definition) is 5. The highest BCUT2D eigenvalue weighted by Crippen LogP contribution is 2.19. The number of carbonyl (C=O) groups is 1. The first-order chi connectivity index (χ1) is 12.7. The van der Waals surface area contributed by atoms with Crippen molar-refractivity contribution < 1.29 is 13.9 Å². The van der Waals surface area contributed by atoms with E-state index < -0.39 is 0 Å². The number of likely N-dealkylation sites (tertiary alicyclic amines) is 1. The van der Waals surface area contributed by atoms with E-state index in [1.165, 1.54) is 0 Å². The van der Waals surface area contributed by atoms with Gasteiger partial charge in [-0.05, 0) is 49.9 Å². The van der Waals surface area contributed by atoms with Crippen LogP contribution in [0, 0.1) is 12.8 Å². The van der Waals surface area contributed by atoms with Gasteiger partial charge in [0.15, 0.2) is 0 Å². The second-order valence-electron chi connectivity index (χ2n) is 6.84. The molecule has 2 aromatic heterocycles. The molecule has 1 N–H and O–H groups in total. The Morgan fingerprint density at radius 1 is 1.38 bits per heavy atom. The van der Waals surface area contributed by atoms with E-state index in [9.17, 15) is 4.79 Å². The van der Waals surface area contributed by atoms with Gasteiger partial charge in [0.05, 0.1) is 12.2 Å². The summed E-state index contributed by atoms with van der Waals surface area (Å²) in [5.74, 6) is 3.12. The summed E-state index contributed by atoms with van der Waals surface area (Å²) in [5, 5.41) is 3.26. The third-order valence-electron chi connectivity index (χ3n) is 4.69. The summed E-state index contributed by atoms with van der Waals surface area (Å²) in [6.45, 7) is 4.95. The summed E-state index contributed by atoms with van der Waals surface area (Å²) < 4.78 is 10.8. The lowest BCUT2D eigenvalue weighted by atomic mass is 9.98. The van der Waals surface area contributed by atoms with Gasteiger partial charge in [0.25, 0.3) is 5.91 Å². The summed E-state index contributed by atoms with van der Waals surface area (Å²) in [5.41, 5.74) is 0.635. The van der Waals surface area contributed by atoms with Crippen molar-refractivity contribution >= 4 is 11.7 Å². The minimum Gasteiger partial charge on any atom is -0.466 e. The number of amides is 1. The summed E-state index contributed by atoms with van der Waals surface area (Å²) in [6, 6.07) is 7.65. The molecule has 1 amide bonds. The number of anilines is 1. The van der Waals surface area contributed by atoms with Gasteiger partial charge in [-0.2, -0.15) is 0 Å². The number of nitrogens with zero attached hydrogens (tertiary/aromatic N) is 2. The first kappa shape index (κ1) is 18.5. The zero-order valence-electron chi connectivity index (χ0n) is 15.5. The lowest BCUT2D eigenvalue weighted by Gasteiger charge is -2.32. The molecule has 3 heterocycles. The van der Waals surface area contributed by atoms with Gasteiger partial charge in [-0.25, -0.2) is 4.98 Å². The van der Waals surface area contributed by atoms with E-state index in [1.54, 1.807) is 13.3 Å². The normalized spacial score (nSPS) is 17.3. The van der Waals surface area contributed by atoms with Crippen molar-refractivity contribution in [3.8, 4) is 0 Å². The lowest BCUT2D eigenvalue weighted by molar-refractivity contribution is 0.0570. The fraction of sp³-hybridized carbons (Fsp3) is 0.500. The van der Waals surface area contributed by atoms with E-state index in [1.807, 2.05) is 36.1 Å². The predicted molar refractivity (Wildman–Crippen MR) is 100 cm³/mol. The number of pyridine rings is 1. The van der Waals surface area contributed by atoms with Gasteiger partial charge >= 0.3 is 0 Å². The second kappa shape index (κ2) is 8.85. The van der Waals surface area contributed by atoms with Gasteiger partial charge in [-0.1, -0.05) is 0 Å². The first-order valence-electron chi connectivity index (χ1n) is 9.19. The molecule has 2 aromatic rings. The molecule has 1 atom stereocenters. The molecule has 0 radical (unpaired) electrons. The first-order valence-corrected chi connectivity index (χ1v) is 9.19. The number of methoxy groups -OCH3 is 1. The molecule has 26 heavy (non-hydrogen) atoms. The Balaban J connectivity index is 1.50. The summed E-state index contributed by atoms with van der Waals surface area (Å²) in [4.78, 5) is 19.0. The smallest absolute Gasteiger partial charge is 0.255 e. The summed E-state index contributed by atoms with van der Waals surface area (Å²) in [7, 11) is 1.71. The van der Waals surface area contributed by atoms with Crippen LogP contribution in [0.2, 0.25) is 0 Å². The Morgan fingerprint density at radius 3 is 2.96 bits per heavy atom. The fourth-order valence-electron chi connectivity index (χ4n) is 3.36. The summed E-state index contributed by atoms with van der Waals surface area (Å²) >= 11 is 0. The average molecular weight is 357 g/mol. The fourth-order valence-corrected chi connectivity index (χ4v) is 3.36. The number of hydrogen-bond donors (Lipinski definition) is 1. The number of aromatic nitrogens is 1. The molecule has 0 spiro atoms. The van der Waals surface area contributed by atoms with Crippen molar-refractivity contribution in [3.05, 3.63) is 47.5 Å². The molecule has 1 aliphatic rings. The van der Waals surface area contributed by atoms with Crippen LogP contribution < -0.4 is 5.32 Å². The van der Waals surface area contributed by atoms with E-state index in [4.69, 9.17) is 9.15 Å². The molecular formula is C20H27N3O3. The predicted octanol–water partition coefficient (Wildman–Crippen LogP) is 3.14. The topological polar surface area (TPSA) is 67.6 Å². The van der Waals surface area contributed by atoms with Crippen LogP contribution in [0.25, 0.3) is 0 Å². The standard InChI is InChI=1S/C20H27N3O3/c1-15-5-7-18(26-15)9-10-21-19-8-6-17(12-22-19)20(24)23-11-3-4-16(13-23)14-25-2/h5-8,12,16H,3-4,9-11,13-14H2,1-2H3,(H,21,22). The number of furan rings is 1. The minimum absolute atomic E-state index is 0.0518. The monoisotopic (exact) mass is 357 g/mol. The quantitative estimate of drug-likeness (QED) is 0.824. The zero-order chi connectivity index (χ0) is 18.4. The molecule has 1 fully saturated rings. The maximum Gasteiger partial charge on any atom is 0.255 e. The van der Waals surface area contributed by atoms with Crippen molar-refractivity contribution in [1.82, 2.24) is 9.88 Å². The van der Waals surface area contributed by atoms with E-state index in [0.29, 0.717) is 18.1 Å². The van der Waals surface area contributed by atoms with E-state index in [0.717, 1.165) is 56.2 Å². The molecule has 0 saturated carbocycles. The Labute approximate surface area is 154 Å². The molecule has 140 valence electrons. The van der Waals surface area contributed by atoms with Crippen LogP contribution in [0.15, 0.2) is 34.9 Å². The molecule has 0 bridgehead atoms. The van der Waals surface area contributed by atoms with Crippen molar-refractivity contribution in [2.75, 3.05) is 38.7 Å². The van der Waals surface area contributed by atoms with Crippen LogP contribution in [0.3, 0.4) is 0 Å². The number of piperidine rings is 1. The van der Waals surface area contributed by atoms with Crippen molar-refractivity contribution in [3.63, 3.8) is 0 Å². The maximum absolute atomic E-state index is 12.7. The highest BCUT2D eigenvalue weighted by atomic mass is 16.5. The Morgan fingerprint density at radius 2 is 2.27 bits per heavy atom. The molecule has 1 saturated heterocycles. The van der Waals surface area contributed by atoms with Crippen LogP contribution in [0.4, 0.5) is 5.82 Å². The van der Waals surface area contributed by atoms with Crippen molar-refractivity contribution in [1.29, 1.82) is 0 Å². The Kier molecular flexibility index (Phi) is 6.28. The highest BCUT2D eigenvalue weighted by molar-refractivity contribution is 5.94. The number of rotatable bonds is 7. The van der Waals surface area contributed by atoms with Gasteiger partial charge < -0.3 is 19.4 Å². The van der Waals surface area contributed by atoms with E-state index in [2.05, 4.69) is 10.3 Å². The molecule has 1 aliphatic heterocycles. The van der Waals surface area contributed by atoms with Crippen LogP contribution in [-0.4, -0.2) is 49.1 Å². The highest BCUT2D eigenvalue weighted by Gasteiger charge is 2.24. The molecule has 0 aliphatic carbocycles. The molecule has 0 aromatic carbocycles. The van der Waals surface area contributed by atoms with Crippen molar-refractivity contribution in [2.45, 2.75) is 26.2 Å². The van der Waals surface area contributed by atoms with E-state index >= 15 is 0 Å². The number of nitrogens with one attached hydrogen (secondary N) is 1. The third-order valence-corrected chi connectivity index (χ3v) is 4.69. The largest absolute Gasteiger partial charge is 0.466 e. The molecule has 3 rings (SSSR count). The van der Waals surface area contributed by atoms with Crippen LogP contribution in [0.5, 0.6) is 0 Å². The summed E-state index contributed by atoms with van der Waals surface area (Å²) in [6.07, 6.45) is 4.60. The van der Waals surface area contributed by atoms with Gasteiger partial charge in [0.1, 0.15) is 17.3 Å². The Hall–Kier alpha value is -2.34. The zero-order valence-corrected chi connectivity index (χ0v) is 15.5. The van der Waals surface area contributed by atoms with Gasteiger partial charge in [0.2, 0.25) is 0 Å². The minimum atomic E-state index is 0.0518. The number of carbonyl (C=O) groups excluding carboxylic acids is 1. The second-order valence-corrected chi connectivity index (χ2v) is 6.84. The third kappa shape index (κ3) is 4.85. The van der Waals surface area contributed by atoms with Gasteiger partial charge in [-0.3, -0.25) is 4.79 Å². The Bertz CT molecular complexity index is 709. The van der Waals surface area contributed by atoms with Crippen LogP contribution >= 0.6 is 0 Å². The van der Waals surface area contributed by atoms with E-state index in [-0.39, 0.29) is 5.91 Å². The van der Waals surface area contributed by atoms with Crippen LogP contribution in [-0.2, 0) is 11.2 Å². The van der Waals surface area contributed by atoms with Crippen molar-refractivity contribution in [2.24, 2.45) is 5.92 Å². The number of aryl methyl sites for hydroxylation is 1. The maximum atomic E-state index is 12.7. The van der Waals surface area contributed by atoms with Gasteiger partial charge in [0, 0.05) is 39.4 Å². The SMILES string of the molecule is COCC1CCCN(C(=O)c2ccc(NCCc3ccc(C)o3)nc2)C1.